The highest BCUT2D eigenvalue weighted by molar-refractivity contribution is 5.98. The van der Waals surface area contributed by atoms with Crippen LogP contribution >= 0.6 is 0 Å². The van der Waals surface area contributed by atoms with Crippen LogP contribution in [0.2, 0.25) is 0 Å². The molecule has 0 spiro atoms. The fraction of sp³-hybridized carbons (Fsp3) is 0.526. The van der Waals surface area contributed by atoms with Crippen molar-refractivity contribution in [3.05, 3.63) is 29.3 Å². The summed E-state index contributed by atoms with van der Waals surface area (Å²) in [5.74, 6) is 0.349. The Hall–Kier alpha value is -2.57. The van der Waals surface area contributed by atoms with Gasteiger partial charge >= 0.3 is 6.03 Å². The quantitative estimate of drug-likeness (QED) is 0.860. The fourth-order valence-corrected chi connectivity index (χ4v) is 3.53. The first kappa shape index (κ1) is 18.2. The predicted octanol–water partition coefficient (Wildman–Crippen LogP) is 1.83. The molecule has 2 N–H and O–H groups in total. The maximum absolute atomic E-state index is 12.7. The summed E-state index contributed by atoms with van der Waals surface area (Å²) in [6.07, 6.45) is 2.23. The molecule has 2 aliphatic heterocycles. The number of carbonyl (C=O) groups is 3. The maximum Gasteiger partial charge on any atom is 0.324 e. The van der Waals surface area contributed by atoms with Gasteiger partial charge in [0.2, 0.25) is 5.91 Å². The summed E-state index contributed by atoms with van der Waals surface area (Å²) in [7, 11) is 0. The summed E-state index contributed by atoms with van der Waals surface area (Å²) in [5, 5.41) is 5.68. The van der Waals surface area contributed by atoms with Crippen LogP contribution in [0.4, 0.5) is 10.5 Å². The minimum atomic E-state index is -0.342. The van der Waals surface area contributed by atoms with Crippen molar-refractivity contribution in [1.29, 1.82) is 0 Å². The molecule has 0 aromatic heterocycles. The van der Waals surface area contributed by atoms with Crippen LogP contribution in [0.25, 0.3) is 0 Å². The van der Waals surface area contributed by atoms with Crippen molar-refractivity contribution in [1.82, 2.24) is 15.1 Å². The number of benzene rings is 1. The molecule has 3 rings (SSSR count). The molecule has 4 amide bonds. The number of nitrogens with one attached hydrogen (secondary N) is 2. The van der Waals surface area contributed by atoms with E-state index in [-0.39, 0.29) is 24.4 Å². The summed E-state index contributed by atoms with van der Waals surface area (Å²) in [4.78, 5) is 39.4. The number of carbonyl (C=O) groups excluding carboxylic acids is 3. The largest absolute Gasteiger partial charge is 0.376 e. The van der Waals surface area contributed by atoms with Gasteiger partial charge in [0, 0.05) is 37.4 Å². The second-order valence-corrected chi connectivity index (χ2v) is 7.16. The van der Waals surface area contributed by atoms with Crippen molar-refractivity contribution in [2.75, 3.05) is 38.0 Å². The smallest absolute Gasteiger partial charge is 0.324 e. The highest BCUT2D eigenvalue weighted by Gasteiger charge is 2.26. The van der Waals surface area contributed by atoms with E-state index in [0.29, 0.717) is 24.6 Å². The van der Waals surface area contributed by atoms with Gasteiger partial charge in [-0.3, -0.25) is 14.5 Å². The Balaban J connectivity index is 1.61. The van der Waals surface area contributed by atoms with E-state index >= 15 is 0 Å². The molecule has 0 aliphatic carbocycles. The van der Waals surface area contributed by atoms with Crippen LogP contribution in [-0.4, -0.2) is 60.4 Å². The van der Waals surface area contributed by atoms with Crippen LogP contribution in [0.1, 0.15) is 35.7 Å². The minimum absolute atomic E-state index is 0.0468. The van der Waals surface area contributed by atoms with Crippen LogP contribution in [0.5, 0.6) is 0 Å². The molecule has 2 fully saturated rings. The molecule has 1 aromatic carbocycles. The molecule has 0 radical (unpaired) electrons. The monoisotopic (exact) mass is 358 g/mol. The molecule has 7 nitrogen and oxygen atoms in total. The lowest BCUT2D eigenvalue weighted by Crippen LogP contribution is -2.39. The van der Waals surface area contributed by atoms with Gasteiger partial charge in [0.25, 0.3) is 5.91 Å². The normalized spacial score (nSPS) is 20.1. The molecule has 26 heavy (non-hydrogen) atoms. The molecule has 1 atom stereocenters. The van der Waals surface area contributed by atoms with Gasteiger partial charge in [-0.1, -0.05) is 6.92 Å². The average molecular weight is 358 g/mol. The average Bonchev–Trinajstić information content (AvgIpc) is 3.06. The van der Waals surface area contributed by atoms with E-state index in [4.69, 9.17) is 0 Å². The van der Waals surface area contributed by atoms with Crippen LogP contribution in [0.15, 0.2) is 18.2 Å². The standard InChI is InChI=1S/C19H26N4O3/c1-13-4-3-8-22(12-13)18(25)15-5-6-16(14(2)10-15)21-11-17(24)23-9-7-20-19(23)26/h5-6,10,13,21H,3-4,7-9,11-12H2,1-2H3,(H,20,26)/t13-/m1/s1. The molecular weight excluding hydrogens is 332 g/mol. The van der Waals surface area contributed by atoms with E-state index in [1.165, 1.54) is 11.3 Å². The molecule has 2 heterocycles. The second-order valence-electron chi connectivity index (χ2n) is 7.16. The Labute approximate surface area is 153 Å². The number of piperidine rings is 1. The van der Waals surface area contributed by atoms with Gasteiger partial charge in [-0.05, 0) is 49.4 Å². The van der Waals surface area contributed by atoms with Gasteiger partial charge in [-0.25, -0.2) is 4.79 Å². The van der Waals surface area contributed by atoms with Crippen molar-refractivity contribution in [3.8, 4) is 0 Å². The van der Waals surface area contributed by atoms with E-state index in [0.717, 1.165) is 30.8 Å². The first-order chi connectivity index (χ1) is 12.5. The summed E-state index contributed by atoms with van der Waals surface area (Å²) in [5.41, 5.74) is 2.37. The topological polar surface area (TPSA) is 81.8 Å². The number of aryl methyl sites for hydroxylation is 1. The fourth-order valence-electron chi connectivity index (χ4n) is 3.53. The maximum atomic E-state index is 12.7. The first-order valence-corrected chi connectivity index (χ1v) is 9.17. The number of nitrogens with zero attached hydrogens (tertiary/aromatic N) is 2. The number of rotatable bonds is 4. The van der Waals surface area contributed by atoms with Gasteiger partial charge < -0.3 is 15.5 Å². The Kier molecular flexibility index (Phi) is 5.44. The van der Waals surface area contributed by atoms with Crippen LogP contribution in [0.3, 0.4) is 0 Å². The number of amides is 4. The molecule has 1 aromatic rings. The van der Waals surface area contributed by atoms with E-state index in [1.54, 1.807) is 6.07 Å². The van der Waals surface area contributed by atoms with Gasteiger partial charge in [-0.2, -0.15) is 0 Å². The molecule has 7 heteroatoms. The molecule has 0 saturated carbocycles. The summed E-state index contributed by atoms with van der Waals surface area (Å²) < 4.78 is 0. The van der Waals surface area contributed by atoms with Gasteiger partial charge in [0.1, 0.15) is 0 Å². The first-order valence-electron chi connectivity index (χ1n) is 9.17. The molecule has 0 bridgehead atoms. The number of urea groups is 1. The number of anilines is 1. The van der Waals surface area contributed by atoms with Crippen molar-refractivity contribution in [2.24, 2.45) is 5.92 Å². The summed E-state index contributed by atoms with van der Waals surface area (Å²) in [6.45, 7) is 6.65. The van der Waals surface area contributed by atoms with Gasteiger partial charge in [-0.15, -0.1) is 0 Å². The third-order valence-electron chi connectivity index (χ3n) is 5.01. The van der Waals surface area contributed by atoms with E-state index < -0.39 is 0 Å². The zero-order chi connectivity index (χ0) is 18.7. The molecule has 0 unspecified atom stereocenters. The lowest BCUT2D eigenvalue weighted by molar-refractivity contribution is -0.125. The second kappa shape index (κ2) is 7.76. The van der Waals surface area contributed by atoms with Crippen molar-refractivity contribution >= 4 is 23.5 Å². The Morgan fingerprint density at radius 1 is 1.31 bits per heavy atom. The Morgan fingerprint density at radius 2 is 2.12 bits per heavy atom. The van der Waals surface area contributed by atoms with E-state index in [9.17, 15) is 14.4 Å². The van der Waals surface area contributed by atoms with Crippen molar-refractivity contribution in [3.63, 3.8) is 0 Å². The highest BCUT2D eigenvalue weighted by Crippen LogP contribution is 2.21. The number of likely N-dealkylation sites (tertiary alicyclic amines) is 1. The van der Waals surface area contributed by atoms with Crippen molar-refractivity contribution in [2.45, 2.75) is 26.7 Å². The molecular formula is C19H26N4O3. The third-order valence-corrected chi connectivity index (χ3v) is 5.01. The zero-order valence-electron chi connectivity index (χ0n) is 15.4. The zero-order valence-corrected chi connectivity index (χ0v) is 15.4. The van der Waals surface area contributed by atoms with E-state index in [1.807, 2.05) is 24.0 Å². The Bertz CT molecular complexity index is 719. The third kappa shape index (κ3) is 3.98. The number of hydrogen-bond acceptors (Lipinski definition) is 4. The van der Waals surface area contributed by atoms with Gasteiger partial charge in [0.15, 0.2) is 0 Å². The lowest BCUT2D eigenvalue weighted by Gasteiger charge is -2.31. The lowest BCUT2D eigenvalue weighted by atomic mass is 9.99. The predicted molar refractivity (Wildman–Crippen MR) is 99.1 cm³/mol. The molecule has 2 saturated heterocycles. The SMILES string of the molecule is Cc1cc(C(=O)N2CCC[C@@H](C)C2)ccc1NCC(=O)N1CCNC1=O. The van der Waals surface area contributed by atoms with E-state index in [2.05, 4.69) is 17.6 Å². The number of imide groups is 1. The van der Waals surface area contributed by atoms with Crippen LogP contribution in [0, 0.1) is 12.8 Å². The van der Waals surface area contributed by atoms with Gasteiger partial charge in [0.05, 0.1) is 6.54 Å². The highest BCUT2D eigenvalue weighted by atomic mass is 16.2. The van der Waals surface area contributed by atoms with Crippen LogP contribution < -0.4 is 10.6 Å². The summed E-state index contributed by atoms with van der Waals surface area (Å²) >= 11 is 0. The van der Waals surface area contributed by atoms with Crippen LogP contribution in [-0.2, 0) is 4.79 Å². The molecule has 140 valence electrons. The number of hydrogen-bond donors (Lipinski definition) is 2. The minimum Gasteiger partial charge on any atom is -0.376 e. The summed E-state index contributed by atoms with van der Waals surface area (Å²) in [6, 6.07) is 5.14. The van der Waals surface area contributed by atoms with Crippen molar-refractivity contribution < 1.29 is 14.4 Å². The Morgan fingerprint density at radius 3 is 2.77 bits per heavy atom. The molecule has 2 aliphatic rings.